The average Bonchev–Trinajstić information content (AvgIpc) is 2.45. The van der Waals surface area contributed by atoms with Crippen LogP contribution in [0.25, 0.3) is 0 Å². The van der Waals surface area contributed by atoms with Gasteiger partial charge in [-0.25, -0.2) is 4.39 Å². The van der Waals surface area contributed by atoms with Crippen LogP contribution in [-0.2, 0) is 0 Å². The Hall–Kier alpha value is -1.63. The molecule has 1 aliphatic heterocycles. The Labute approximate surface area is 120 Å². The van der Waals surface area contributed by atoms with Gasteiger partial charge in [0.25, 0.3) is 11.6 Å². The molecule has 1 aromatic rings. The van der Waals surface area contributed by atoms with Crippen LogP contribution in [0.15, 0.2) is 18.2 Å². The fourth-order valence-electron chi connectivity index (χ4n) is 2.12. The summed E-state index contributed by atoms with van der Waals surface area (Å²) in [5.41, 5.74) is -0.601. The number of benzene rings is 1. The van der Waals surface area contributed by atoms with Gasteiger partial charge in [-0.1, -0.05) is 6.42 Å². The van der Waals surface area contributed by atoms with Crippen LogP contribution in [0.4, 0.5) is 10.1 Å². The molecule has 1 aromatic carbocycles. The second-order valence-corrected chi connectivity index (χ2v) is 6.03. The van der Waals surface area contributed by atoms with Crippen LogP contribution >= 0.6 is 11.8 Å². The molecule has 1 unspecified atom stereocenters. The zero-order valence-corrected chi connectivity index (χ0v) is 11.6. The summed E-state index contributed by atoms with van der Waals surface area (Å²) in [6, 6.07) is 2.90. The third-order valence-electron chi connectivity index (χ3n) is 3.16. The predicted octanol–water partition coefficient (Wildman–Crippen LogP) is 2.75. The van der Waals surface area contributed by atoms with Gasteiger partial charge in [-0.2, -0.15) is 11.8 Å². The van der Waals surface area contributed by atoms with Gasteiger partial charge in [-0.3, -0.25) is 14.9 Å². The van der Waals surface area contributed by atoms with E-state index in [-0.39, 0.29) is 11.3 Å². The first-order chi connectivity index (χ1) is 9.58. The first kappa shape index (κ1) is 14.8. The van der Waals surface area contributed by atoms with Gasteiger partial charge in [0.15, 0.2) is 0 Å². The Morgan fingerprint density at radius 1 is 1.50 bits per heavy atom. The van der Waals surface area contributed by atoms with Gasteiger partial charge in [0.05, 0.1) is 4.92 Å². The lowest BCUT2D eigenvalue weighted by molar-refractivity contribution is -0.385. The number of carbonyl (C=O) groups excluding carboxylic acids is 1. The molecule has 0 radical (unpaired) electrons. The van der Waals surface area contributed by atoms with Gasteiger partial charge in [0.2, 0.25) is 0 Å². The minimum Gasteiger partial charge on any atom is -0.351 e. The Balaban J connectivity index is 2.04. The highest BCUT2D eigenvalue weighted by Crippen LogP contribution is 2.25. The van der Waals surface area contributed by atoms with E-state index in [0.717, 1.165) is 36.8 Å². The average molecular weight is 298 g/mol. The molecule has 1 amide bonds. The molecule has 0 spiro atoms. The molecule has 5 nitrogen and oxygen atoms in total. The number of nitro groups is 1. The van der Waals surface area contributed by atoms with Crippen molar-refractivity contribution >= 4 is 23.4 Å². The SMILES string of the molecule is O=C(NCC1CCCCS1)c1cc(F)ccc1[N+](=O)[O-]. The summed E-state index contributed by atoms with van der Waals surface area (Å²) >= 11 is 1.79. The highest BCUT2D eigenvalue weighted by Gasteiger charge is 2.22. The second kappa shape index (κ2) is 6.69. The van der Waals surface area contributed by atoms with Crippen molar-refractivity contribution in [1.82, 2.24) is 5.32 Å². The topological polar surface area (TPSA) is 72.2 Å². The number of nitrogens with one attached hydrogen (secondary N) is 1. The largest absolute Gasteiger partial charge is 0.351 e. The van der Waals surface area contributed by atoms with E-state index in [1.807, 2.05) is 0 Å². The number of nitrogens with zero attached hydrogens (tertiary/aromatic N) is 1. The number of amides is 1. The van der Waals surface area contributed by atoms with Gasteiger partial charge in [0.1, 0.15) is 11.4 Å². The van der Waals surface area contributed by atoms with Crippen LogP contribution in [0.3, 0.4) is 0 Å². The smallest absolute Gasteiger partial charge is 0.282 e. The van der Waals surface area contributed by atoms with E-state index >= 15 is 0 Å². The second-order valence-electron chi connectivity index (χ2n) is 4.62. The van der Waals surface area contributed by atoms with E-state index in [4.69, 9.17) is 0 Å². The molecule has 2 rings (SSSR count). The zero-order chi connectivity index (χ0) is 14.5. The first-order valence-corrected chi connectivity index (χ1v) is 7.46. The minimum absolute atomic E-state index is 0.226. The van der Waals surface area contributed by atoms with Crippen molar-refractivity contribution in [1.29, 1.82) is 0 Å². The van der Waals surface area contributed by atoms with E-state index < -0.39 is 16.6 Å². The van der Waals surface area contributed by atoms with Crippen molar-refractivity contribution in [2.24, 2.45) is 0 Å². The highest BCUT2D eigenvalue weighted by atomic mass is 32.2. The fraction of sp³-hybridized carbons (Fsp3) is 0.462. The molecule has 1 fully saturated rings. The third-order valence-corrected chi connectivity index (χ3v) is 4.56. The fourth-order valence-corrected chi connectivity index (χ4v) is 3.36. The quantitative estimate of drug-likeness (QED) is 0.685. The lowest BCUT2D eigenvalue weighted by Crippen LogP contribution is -2.32. The van der Waals surface area contributed by atoms with E-state index in [2.05, 4.69) is 5.32 Å². The van der Waals surface area contributed by atoms with Crippen molar-refractivity contribution in [2.75, 3.05) is 12.3 Å². The monoisotopic (exact) mass is 298 g/mol. The normalized spacial score (nSPS) is 18.6. The number of thioether (sulfide) groups is 1. The molecule has 20 heavy (non-hydrogen) atoms. The molecule has 108 valence electrons. The van der Waals surface area contributed by atoms with Crippen molar-refractivity contribution < 1.29 is 14.1 Å². The Morgan fingerprint density at radius 2 is 2.30 bits per heavy atom. The van der Waals surface area contributed by atoms with Gasteiger partial charge in [-0.05, 0) is 30.7 Å². The summed E-state index contributed by atoms with van der Waals surface area (Å²) < 4.78 is 13.2. The first-order valence-electron chi connectivity index (χ1n) is 6.41. The molecule has 0 aromatic heterocycles. The van der Waals surface area contributed by atoms with Crippen LogP contribution in [-0.4, -0.2) is 28.4 Å². The van der Waals surface area contributed by atoms with Crippen LogP contribution in [0.1, 0.15) is 29.6 Å². The Bertz CT molecular complexity index is 518. The number of hydrogen-bond acceptors (Lipinski definition) is 4. The molecule has 7 heteroatoms. The Morgan fingerprint density at radius 3 is 2.95 bits per heavy atom. The standard InChI is InChI=1S/C13H15FN2O3S/c14-9-4-5-12(16(18)19)11(7-9)13(17)15-8-10-3-1-2-6-20-10/h4-5,7,10H,1-3,6,8H2,(H,15,17). The molecule has 0 aliphatic carbocycles. The summed E-state index contributed by atoms with van der Waals surface area (Å²) in [4.78, 5) is 22.1. The molecule has 0 saturated carbocycles. The summed E-state index contributed by atoms with van der Waals surface area (Å²) in [6.45, 7) is 0.456. The minimum atomic E-state index is -0.677. The van der Waals surface area contributed by atoms with E-state index in [1.54, 1.807) is 11.8 Å². The molecule has 1 aliphatic rings. The number of halogens is 1. The van der Waals surface area contributed by atoms with Gasteiger partial charge >= 0.3 is 0 Å². The molecular weight excluding hydrogens is 283 g/mol. The maximum absolute atomic E-state index is 13.2. The van der Waals surface area contributed by atoms with Gasteiger partial charge < -0.3 is 5.32 Å². The van der Waals surface area contributed by atoms with E-state index in [0.29, 0.717) is 11.8 Å². The Kier molecular flexibility index (Phi) is 4.94. The summed E-state index contributed by atoms with van der Waals surface area (Å²) in [5, 5.41) is 13.8. The third kappa shape index (κ3) is 3.69. The predicted molar refractivity (Wildman–Crippen MR) is 75.5 cm³/mol. The summed E-state index contributed by atoms with van der Waals surface area (Å²) in [6.07, 6.45) is 3.34. The van der Waals surface area contributed by atoms with E-state index in [1.165, 1.54) is 6.42 Å². The van der Waals surface area contributed by atoms with Gasteiger partial charge in [-0.15, -0.1) is 0 Å². The highest BCUT2D eigenvalue weighted by molar-refractivity contribution is 7.99. The summed E-state index contributed by atoms with van der Waals surface area (Å²) in [7, 11) is 0. The van der Waals surface area contributed by atoms with Crippen molar-refractivity contribution in [3.05, 3.63) is 39.7 Å². The van der Waals surface area contributed by atoms with E-state index in [9.17, 15) is 19.3 Å². The summed E-state index contributed by atoms with van der Waals surface area (Å²) in [5.74, 6) is -0.184. The molecule has 1 atom stereocenters. The zero-order valence-electron chi connectivity index (χ0n) is 10.8. The van der Waals surface area contributed by atoms with Crippen LogP contribution < -0.4 is 5.32 Å². The molecule has 0 bridgehead atoms. The lowest BCUT2D eigenvalue weighted by Gasteiger charge is -2.21. The maximum atomic E-state index is 13.2. The van der Waals surface area contributed by atoms with Crippen LogP contribution in [0.5, 0.6) is 0 Å². The number of nitro benzene ring substituents is 1. The molecular formula is C13H15FN2O3S. The molecule has 1 saturated heterocycles. The maximum Gasteiger partial charge on any atom is 0.282 e. The number of hydrogen-bond donors (Lipinski definition) is 1. The van der Waals surface area contributed by atoms with Crippen molar-refractivity contribution in [3.8, 4) is 0 Å². The van der Waals surface area contributed by atoms with Crippen LogP contribution in [0, 0.1) is 15.9 Å². The number of rotatable bonds is 4. The van der Waals surface area contributed by atoms with Gasteiger partial charge in [0, 0.05) is 17.9 Å². The molecule has 1 N–H and O–H groups in total. The number of carbonyl (C=O) groups is 1. The van der Waals surface area contributed by atoms with Crippen molar-refractivity contribution in [3.63, 3.8) is 0 Å². The van der Waals surface area contributed by atoms with Crippen molar-refractivity contribution in [2.45, 2.75) is 24.5 Å². The van der Waals surface area contributed by atoms with Crippen LogP contribution in [0.2, 0.25) is 0 Å². The molecule has 1 heterocycles. The lowest BCUT2D eigenvalue weighted by atomic mass is 10.1.